The molecule has 1 aliphatic heterocycles. The second-order valence-corrected chi connectivity index (χ2v) is 4.41. The fourth-order valence-corrected chi connectivity index (χ4v) is 1.92. The third-order valence-corrected chi connectivity index (χ3v) is 2.96. The van der Waals surface area contributed by atoms with E-state index in [1.807, 2.05) is 0 Å². The molecule has 1 rings (SSSR count). The van der Waals surface area contributed by atoms with Crippen molar-refractivity contribution >= 4 is 17.9 Å². The van der Waals surface area contributed by atoms with Gasteiger partial charge in [0.2, 0.25) is 0 Å². The zero-order valence-corrected chi connectivity index (χ0v) is 11.6. The van der Waals surface area contributed by atoms with Crippen LogP contribution in [0.1, 0.15) is 19.8 Å². The van der Waals surface area contributed by atoms with E-state index in [0.29, 0.717) is 32.5 Å². The molecule has 0 radical (unpaired) electrons. The number of likely N-dealkylation sites (tertiary alicyclic amines) is 1. The second-order valence-electron chi connectivity index (χ2n) is 4.41. The summed E-state index contributed by atoms with van der Waals surface area (Å²) in [5, 5.41) is 13.4. The number of nitrogens with one attached hydrogen (secondary N) is 2. The average Bonchev–Trinajstić information content (AvgIpc) is 2.45. The van der Waals surface area contributed by atoms with E-state index in [9.17, 15) is 14.4 Å². The number of nitrogens with zero attached hydrogens (tertiary/aromatic N) is 1. The molecule has 1 fully saturated rings. The van der Waals surface area contributed by atoms with Crippen LogP contribution in [0.2, 0.25) is 0 Å². The lowest BCUT2D eigenvalue weighted by Crippen LogP contribution is -2.50. The molecule has 3 amide bonds. The molecule has 8 heteroatoms. The van der Waals surface area contributed by atoms with E-state index < -0.39 is 11.8 Å². The Balaban J connectivity index is 2.30. The summed E-state index contributed by atoms with van der Waals surface area (Å²) >= 11 is 0. The van der Waals surface area contributed by atoms with Gasteiger partial charge in [-0.3, -0.25) is 9.59 Å². The SMILES string of the molecule is CCOC(=O)N1CCC(NC(=O)C(=O)NCCO)CC1. The molecule has 114 valence electrons. The van der Waals surface area contributed by atoms with E-state index in [-0.39, 0.29) is 25.3 Å². The fraction of sp³-hybridized carbons (Fsp3) is 0.750. The molecule has 0 aromatic heterocycles. The maximum absolute atomic E-state index is 11.5. The molecule has 0 atom stereocenters. The maximum atomic E-state index is 11.5. The Morgan fingerprint density at radius 2 is 1.90 bits per heavy atom. The number of piperidine rings is 1. The zero-order chi connectivity index (χ0) is 15.0. The highest BCUT2D eigenvalue weighted by molar-refractivity contribution is 6.35. The monoisotopic (exact) mass is 287 g/mol. The number of rotatable bonds is 4. The standard InChI is InChI=1S/C12H21N3O5/c1-2-20-12(19)15-6-3-9(4-7-15)14-11(18)10(17)13-5-8-16/h9,16H,2-8H2,1H3,(H,13,17)(H,14,18). The van der Waals surface area contributed by atoms with Gasteiger partial charge in [-0.15, -0.1) is 0 Å². The van der Waals surface area contributed by atoms with Gasteiger partial charge in [-0.2, -0.15) is 0 Å². The highest BCUT2D eigenvalue weighted by atomic mass is 16.6. The topological polar surface area (TPSA) is 108 Å². The van der Waals surface area contributed by atoms with Gasteiger partial charge in [0.15, 0.2) is 0 Å². The number of hydrogen-bond acceptors (Lipinski definition) is 5. The van der Waals surface area contributed by atoms with Gasteiger partial charge in [0, 0.05) is 25.7 Å². The van der Waals surface area contributed by atoms with E-state index in [1.54, 1.807) is 11.8 Å². The normalized spacial score (nSPS) is 15.6. The van der Waals surface area contributed by atoms with Gasteiger partial charge in [-0.1, -0.05) is 0 Å². The molecular formula is C12H21N3O5. The molecule has 0 aromatic carbocycles. The Labute approximate surface area is 117 Å². The van der Waals surface area contributed by atoms with Crippen LogP contribution >= 0.6 is 0 Å². The number of ether oxygens (including phenoxy) is 1. The first-order chi connectivity index (χ1) is 9.58. The van der Waals surface area contributed by atoms with E-state index in [2.05, 4.69) is 10.6 Å². The molecule has 8 nitrogen and oxygen atoms in total. The molecule has 0 aromatic rings. The van der Waals surface area contributed by atoms with Crippen LogP contribution in [0.3, 0.4) is 0 Å². The summed E-state index contributed by atoms with van der Waals surface area (Å²) in [4.78, 5) is 35.9. The Morgan fingerprint density at radius 1 is 1.25 bits per heavy atom. The van der Waals surface area contributed by atoms with Crippen LogP contribution in [-0.2, 0) is 14.3 Å². The van der Waals surface area contributed by atoms with E-state index in [0.717, 1.165) is 0 Å². The molecule has 1 heterocycles. The summed E-state index contributed by atoms with van der Waals surface area (Å²) < 4.78 is 4.89. The lowest BCUT2D eigenvalue weighted by atomic mass is 10.1. The van der Waals surface area contributed by atoms with Crippen LogP contribution in [0.5, 0.6) is 0 Å². The van der Waals surface area contributed by atoms with Crippen molar-refractivity contribution in [2.45, 2.75) is 25.8 Å². The molecule has 1 aliphatic rings. The Morgan fingerprint density at radius 3 is 2.45 bits per heavy atom. The Hall–Kier alpha value is -1.83. The first-order valence-corrected chi connectivity index (χ1v) is 6.69. The third kappa shape index (κ3) is 5.04. The highest BCUT2D eigenvalue weighted by Crippen LogP contribution is 2.11. The minimum Gasteiger partial charge on any atom is -0.450 e. The molecule has 20 heavy (non-hydrogen) atoms. The van der Waals surface area contributed by atoms with Crippen molar-refractivity contribution in [1.29, 1.82) is 0 Å². The molecule has 0 saturated carbocycles. The summed E-state index contributed by atoms with van der Waals surface area (Å²) in [6, 6.07) is -0.131. The van der Waals surface area contributed by atoms with Gasteiger partial charge < -0.3 is 25.4 Å². The van der Waals surface area contributed by atoms with Gasteiger partial charge in [0.25, 0.3) is 0 Å². The van der Waals surface area contributed by atoms with Gasteiger partial charge >= 0.3 is 17.9 Å². The number of amides is 3. The Kier molecular flexibility index (Phi) is 6.78. The quantitative estimate of drug-likeness (QED) is 0.565. The summed E-state index contributed by atoms with van der Waals surface area (Å²) in [7, 11) is 0. The number of hydrogen-bond donors (Lipinski definition) is 3. The molecule has 0 unspecified atom stereocenters. The van der Waals surface area contributed by atoms with Gasteiger partial charge in [0.1, 0.15) is 0 Å². The van der Waals surface area contributed by atoms with Crippen LogP contribution in [-0.4, -0.2) is 66.8 Å². The zero-order valence-electron chi connectivity index (χ0n) is 11.6. The molecule has 0 aliphatic carbocycles. The number of carbonyl (C=O) groups is 3. The van der Waals surface area contributed by atoms with Crippen molar-refractivity contribution in [1.82, 2.24) is 15.5 Å². The van der Waals surface area contributed by atoms with Crippen LogP contribution in [0.4, 0.5) is 4.79 Å². The summed E-state index contributed by atoms with van der Waals surface area (Å²) in [6.07, 6.45) is 0.813. The van der Waals surface area contributed by atoms with E-state index in [1.165, 1.54) is 0 Å². The molecular weight excluding hydrogens is 266 g/mol. The lowest BCUT2D eigenvalue weighted by molar-refractivity contribution is -0.139. The van der Waals surface area contributed by atoms with Gasteiger partial charge in [-0.25, -0.2) is 4.79 Å². The van der Waals surface area contributed by atoms with Crippen molar-refractivity contribution in [2.75, 3.05) is 32.8 Å². The second kappa shape index (κ2) is 8.36. The fourth-order valence-electron chi connectivity index (χ4n) is 1.92. The third-order valence-electron chi connectivity index (χ3n) is 2.96. The minimum absolute atomic E-state index is 0.0492. The van der Waals surface area contributed by atoms with E-state index in [4.69, 9.17) is 9.84 Å². The summed E-state index contributed by atoms with van der Waals surface area (Å²) in [5.74, 6) is -1.47. The van der Waals surface area contributed by atoms with Crippen molar-refractivity contribution < 1.29 is 24.2 Å². The predicted molar refractivity (Wildman–Crippen MR) is 69.9 cm³/mol. The van der Waals surface area contributed by atoms with Crippen molar-refractivity contribution in [3.63, 3.8) is 0 Å². The summed E-state index contributed by atoms with van der Waals surface area (Å²) in [6.45, 7) is 2.89. The smallest absolute Gasteiger partial charge is 0.409 e. The van der Waals surface area contributed by atoms with Crippen molar-refractivity contribution in [3.8, 4) is 0 Å². The van der Waals surface area contributed by atoms with E-state index >= 15 is 0 Å². The molecule has 3 N–H and O–H groups in total. The Bertz CT molecular complexity index is 353. The number of aliphatic hydroxyl groups excluding tert-OH is 1. The van der Waals surface area contributed by atoms with Gasteiger partial charge in [0.05, 0.1) is 13.2 Å². The maximum Gasteiger partial charge on any atom is 0.409 e. The first-order valence-electron chi connectivity index (χ1n) is 6.69. The van der Waals surface area contributed by atoms with Crippen molar-refractivity contribution in [2.24, 2.45) is 0 Å². The number of carbonyl (C=O) groups excluding carboxylic acids is 3. The van der Waals surface area contributed by atoms with Crippen LogP contribution in [0, 0.1) is 0 Å². The van der Waals surface area contributed by atoms with Crippen LogP contribution in [0.25, 0.3) is 0 Å². The van der Waals surface area contributed by atoms with Crippen LogP contribution < -0.4 is 10.6 Å². The highest BCUT2D eigenvalue weighted by Gasteiger charge is 2.26. The lowest BCUT2D eigenvalue weighted by Gasteiger charge is -2.31. The molecule has 1 saturated heterocycles. The molecule has 0 spiro atoms. The summed E-state index contributed by atoms with van der Waals surface area (Å²) in [5.41, 5.74) is 0. The minimum atomic E-state index is -0.758. The average molecular weight is 287 g/mol. The van der Waals surface area contributed by atoms with Gasteiger partial charge in [-0.05, 0) is 19.8 Å². The van der Waals surface area contributed by atoms with Crippen molar-refractivity contribution in [3.05, 3.63) is 0 Å². The first kappa shape index (κ1) is 16.2. The molecule has 0 bridgehead atoms. The largest absolute Gasteiger partial charge is 0.450 e. The predicted octanol–water partition coefficient (Wildman–Crippen LogP) is -1.17. The number of aliphatic hydroxyl groups is 1. The van der Waals surface area contributed by atoms with Crippen LogP contribution in [0.15, 0.2) is 0 Å².